The number of nitrogens with zero attached hydrogens (tertiary/aromatic N) is 1. The molecule has 0 aliphatic rings. The van der Waals surface area contributed by atoms with E-state index >= 15 is 0 Å². The standard InChI is InChI=1S/C7H5F3N2O/c8-7(9,10)4-1-2-6(11)12-5(4)3-13/h1-3H,(H2,11,12). The van der Waals surface area contributed by atoms with Crippen LogP contribution in [0.4, 0.5) is 19.0 Å². The van der Waals surface area contributed by atoms with Gasteiger partial charge < -0.3 is 5.73 Å². The fourth-order valence-corrected chi connectivity index (χ4v) is 0.820. The van der Waals surface area contributed by atoms with Crippen LogP contribution in [-0.4, -0.2) is 11.3 Å². The van der Waals surface area contributed by atoms with Crippen molar-refractivity contribution in [2.45, 2.75) is 6.18 Å². The van der Waals surface area contributed by atoms with Gasteiger partial charge in [0.2, 0.25) is 0 Å². The van der Waals surface area contributed by atoms with Gasteiger partial charge in [0.05, 0.1) is 5.56 Å². The Morgan fingerprint density at radius 2 is 2.00 bits per heavy atom. The van der Waals surface area contributed by atoms with E-state index in [0.717, 1.165) is 12.1 Å². The molecule has 1 aromatic heterocycles. The number of aromatic nitrogens is 1. The Labute approximate surface area is 71.4 Å². The highest BCUT2D eigenvalue weighted by molar-refractivity contribution is 5.75. The number of alkyl halides is 3. The third-order valence-corrected chi connectivity index (χ3v) is 1.36. The molecular weight excluding hydrogens is 185 g/mol. The van der Waals surface area contributed by atoms with E-state index in [9.17, 15) is 18.0 Å². The van der Waals surface area contributed by atoms with Crippen LogP contribution in [0.5, 0.6) is 0 Å². The van der Waals surface area contributed by atoms with Crippen LogP contribution in [0.3, 0.4) is 0 Å². The fraction of sp³-hybridized carbons (Fsp3) is 0.143. The first-order chi connectivity index (χ1) is 5.95. The normalized spacial score (nSPS) is 11.3. The second-order valence-corrected chi connectivity index (χ2v) is 2.28. The van der Waals surface area contributed by atoms with Gasteiger partial charge in [-0.05, 0) is 12.1 Å². The van der Waals surface area contributed by atoms with Crippen LogP contribution >= 0.6 is 0 Å². The summed E-state index contributed by atoms with van der Waals surface area (Å²) in [7, 11) is 0. The summed E-state index contributed by atoms with van der Waals surface area (Å²) in [6.07, 6.45) is -4.55. The highest BCUT2D eigenvalue weighted by Gasteiger charge is 2.33. The number of nitrogens with two attached hydrogens (primary N) is 1. The van der Waals surface area contributed by atoms with Crippen LogP contribution in [0.1, 0.15) is 16.1 Å². The molecule has 70 valence electrons. The van der Waals surface area contributed by atoms with Crippen LogP contribution in [-0.2, 0) is 6.18 Å². The molecule has 0 saturated carbocycles. The van der Waals surface area contributed by atoms with Gasteiger partial charge in [0, 0.05) is 0 Å². The molecule has 1 aromatic rings. The lowest BCUT2D eigenvalue weighted by molar-refractivity contribution is -0.138. The van der Waals surface area contributed by atoms with Gasteiger partial charge in [-0.1, -0.05) is 0 Å². The topological polar surface area (TPSA) is 56.0 Å². The van der Waals surface area contributed by atoms with Gasteiger partial charge in [-0.25, -0.2) is 4.98 Å². The molecule has 0 spiro atoms. The van der Waals surface area contributed by atoms with Crippen molar-refractivity contribution in [2.24, 2.45) is 0 Å². The van der Waals surface area contributed by atoms with Crippen molar-refractivity contribution in [1.82, 2.24) is 4.98 Å². The second kappa shape index (κ2) is 3.04. The molecule has 0 atom stereocenters. The molecule has 3 nitrogen and oxygen atoms in total. The first kappa shape index (κ1) is 9.50. The Morgan fingerprint density at radius 3 is 2.46 bits per heavy atom. The zero-order valence-corrected chi connectivity index (χ0v) is 6.30. The van der Waals surface area contributed by atoms with E-state index < -0.39 is 17.4 Å². The van der Waals surface area contributed by atoms with Gasteiger partial charge in [-0.2, -0.15) is 13.2 Å². The Balaban J connectivity index is 3.29. The molecule has 1 heterocycles. The second-order valence-electron chi connectivity index (χ2n) is 2.28. The van der Waals surface area contributed by atoms with Gasteiger partial charge in [-0.15, -0.1) is 0 Å². The maximum absolute atomic E-state index is 12.1. The van der Waals surface area contributed by atoms with Crippen molar-refractivity contribution in [3.63, 3.8) is 0 Å². The summed E-state index contributed by atoms with van der Waals surface area (Å²) < 4.78 is 36.4. The van der Waals surface area contributed by atoms with Crippen molar-refractivity contribution >= 4 is 12.1 Å². The van der Waals surface area contributed by atoms with Crippen LogP contribution in [0.2, 0.25) is 0 Å². The number of hydrogen-bond donors (Lipinski definition) is 1. The number of anilines is 1. The predicted molar refractivity (Wildman–Crippen MR) is 39.0 cm³/mol. The average Bonchev–Trinajstić information content (AvgIpc) is 2.01. The lowest BCUT2D eigenvalue weighted by atomic mass is 10.2. The van der Waals surface area contributed by atoms with E-state index in [1.54, 1.807) is 0 Å². The van der Waals surface area contributed by atoms with Gasteiger partial charge >= 0.3 is 6.18 Å². The molecule has 0 aromatic carbocycles. The van der Waals surface area contributed by atoms with Gasteiger partial charge in [0.15, 0.2) is 6.29 Å². The van der Waals surface area contributed by atoms with E-state index in [1.165, 1.54) is 0 Å². The van der Waals surface area contributed by atoms with Gasteiger partial charge in [-0.3, -0.25) is 4.79 Å². The van der Waals surface area contributed by atoms with Crippen molar-refractivity contribution in [3.8, 4) is 0 Å². The molecule has 0 aliphatic carbocycles. The third-order valence-electron chi connectivity index (χ3n) is 1.36. The van der Waals surface area contributed by atoms with E-state index in [2.05, 4.69) is 4.98 Å². The molecule has 6 heteroatoms. The van der Waals surface area contributed by atoms with Crippen LogP contribution in [0.15, 0.2) is 12.1 Å². The molecule has 0 bridgehead atoms. The molecule has 0 aliphatic heterocycles. The number of halogens is 3. The van der Waals surface area contributed by atoms with E-state index in [-0.39, 0.29) is 12.1 Å². The third kappa shape index (κ3) is 1.95. The maximum atomic E-state index is 12.1. The Bertz CT molecular complexity index is 335. The number of carbonyl (C=O) groups excluding carboxylic acids is 1. The summed E-state index contributed by atoms with van der Waals surface area (Å²) in [6, 6.07) is 1.72. The highest BCUT2D eigenvalue weighted by Crippen LogP contribution is 2.30. The number of nitrogen functional groups attached to an aromatic ring is 1. The van der Waals surface area contributed by atoms with Crippen LogP contribution < -0.4 is 5.73 Å². The number of aldehydes is 1. The van der Waals surface area contributed by atoms with Crippen molar-refractivity contribution in [1.29, 1.82) is 0 Å². The average molecular weight is 190 g/mol. The minimum Gasteiger partial charge on any atom is -0.384 e. The van der Waals surface area contributed by atoms with Crippen LogP contribution in [0, 0.1) is 0 Å². The lowest BCUT2D eigenvalue weighted by Gasteiger charge is -2.07. The number of hydrogen-bond acceptors (Lipinski definition) is 3. The largest absolute Gasteiger partial charge is 0.418 e. The smallest absolute Gasteiger partial charge is 0.384 e. The highest BCUT2D eigenvalue weighted by atomic mass is 19.4. The Hall–Kier alpha value is -1.59. The SMILES string of the molecule is Nc1ccc(C(F)(F)F)c(C=O)n1. The first-order valence-electron chi connectivity index (χ1n) is 3.24. The summed E-state index contributed by atoms with van der Waals surface area (Å²) in [5, 5.41) is 0. The molecule has 0 unspecified atom stereocenters. The lowest BCUT2D eigenvalue weighted by Crippen LogP contribution is -2.11. The van der Waals surface area contributed by atoms with Crippen molar-refractivity contribution in [2.75, 3.05) is 5.73 Å². The monoisotopic (exact) mass is 190 g/mol. The number of rotatable bonds is 1. The fourth-order valence-electron chi connectivity index (χ4n) is 0.820. The maximum Gasteiger partial charge on any atom is 0.418 e. The summed E-state index contributed by atoms with van der Waals surface area (Å²) in [5.74, 6) is -0.116. The zero-order chi connectivity index (χ0) is 10.1. The number of pyridine rings is 1. The van der Waals surface area contributed by atoms with E-state index in [0.29, 0.717) is 0 Å². The molecule has 2 N–H and O–H groups in total. The van der Waals surface area contributed by atoms with Crippen molar-refractivity contribution in [3.05, 3.63) is 23.4 Å². The number of carbonyl (C=O) groups is 1. The molecule has 0 fully saturated rings. The summed E-state index contributed by atoms with van der Waals surface area (Å²) in [4.78, 5) is 13.5. The molecular formula is C7H5F3N2O. The quantitative estimate of drug-likeness (QED) is 0.682. The molecule has 0 radical (unpaired) electrons. The minimum absolute atomic E-state index is 0.0270. The van der Waals surface area contributed by atoms with Gasteiger partial charge in [0.1, 0.15) is 11.5 Å². The summed E-state index contributed by atoms with van der Waals surface area (Å²) in [6.45, 7) is 0. The summed E-state index contributed by atoms with van der Waals surface area (Å²) in [5.41, 5.74) is 3.35. The van der Waals surface area contributed by atoms with Crippen molar-refractivity contribution < 1.29 is 18.0 Å². The molecule has 0 amide bonds. The molecule has 1 rings (SSSR count). The zero-order valence-electron chi connectivity index (χ0n) is 6.30. The summed E-state index contributed by atoms with van der Waals surface area (Å²) >= 11 is 0. The Kier molecular flexibility index (Phi) is 2.22. The van der Waals surface area contributed by atoms with Crippen LogP contribution in [0.25, 0.3) is 0 Å². The molecule has 13 heavy (non-hydrogen) atoms. The van der Waals surface area contributed by atoms with Gasteiger partial charge in [0.25, 0.3) is 0 Å². The van der Waals surface area contributed by atoms with E-state index in [4.69, 9.17) is 5.73 Å². The molecule has 0 saturated heterocycles. The van der Waals surface area contributed by atoms with E-state index in [1.807, 2.05) is 0 Å². The first-order valence-corrected chi connectivity index (χ1v) is 3.24. The Morgan fingerprint density at radius 1 is 1.38 bits per heavy atom. The minimum atomic E-state index is -4.57. The predicted octanol–water partition coefficient (Wildman–Crippen LogP) is 1.50.